The highest BCUT2D eigenvalue weighted by Crippen LogP contribution is 2.31. The van der Waals surface area contributed by atoms with Crippen molar-refractivity contribution in [1.82, 2.24) is 19.6 Å². The smallest absolute Gasteiger partial charge is 0.0794 e. The normalized spacial score (nSPS) is 26.3. The van der Waals surface area contributed by atoms with Gasteiger partial charge in [-0.25, -0.2) is 0 Å². The fourth-order valence-corrected chi connectivity index (χ4v) is 3.44. The van der Waals surface area contributed by atoms with E-state index in [2.05, 4.69) is 21.1 Å². The lowest BCUT2D eigenvalue weighted by Gasteiger charge is -2.31. The molecule has 2 aliphatic heterocycles. The zero-order chi connectivity index (χ0) is 14.7. The maximum atomic E-state index is 10.4. The van der Waals surface area contributed by atoms with Gasteiger partial charge in [0.1, 0.15) is 0 Å². The number of aliphatic hydroxyl groups excluding tert-OH is 1. The van der Waals surface area contributed by atoms with Crippen molar-refractivity contribution < 1.29 is 9.84 Å². The van der Waals surface area contributed by atoms with Crippen LogP contribution in [0.3, 0.4) is 0 Å². The summed E-state index contributed by atoms with van der Waals surface area (Å²) in [4.78, 5) is 4.70. The Balaban J connectivity index is 1.53. The van der Waals surface area contributed by atoms with Crippen LogP contribution in [0.5, 0.6) is 0 Å². The van der Waals surface area contributed by atoms with E-state index in [4.69, 9.17) is 4.74 Å². The molecule has 118 valence electrons. The molecule has 2 aliphatic rings. The van der Waals surface area contributed by atoms with Crippen LogP contribution in [0.1, 0.15) is 24.4 Å². The van der Waals surface area contributed by atoms with Gasteiger partial charge in [-0.2, -0.15) is 5.10 Å². The number of morpholine rings is 1. The van der Waals surface area contributed by atoms with Crippen molar-refractivity contribution in [3.05, 3.63) is 18.0 Å². The molecule has 6 nitrogen and oxygen atoms in total. The summed E-state index contributed by atoms with van der Waals surface area (Å²) in [5, 5.41) is 14.7. The summed E-state index contributed by atoms with van der Waals surface area (Å²) >= 11 is 0. The highest BCUT2D eigenvalue weighted by Gasteiger charge is 2.29. The van der Waals surface area contributed by atoms with E-state index in [1.54, 1.807) is 0 Å². The van der Waals surface area contributed by atoms with Crippen LogP contribution in [0, 0.1) is 0 Å². The van der Waals surface area contributed by atoms with E-state index in [0.29, 0.717) is 6.04 Å². The van der Waals surface area contributed by atoms with Gasteiger partial charge in [0.15, 0.2) is 0 Å². The molecule has 2 atom stereocenters. The molecule has 0 spiro atoms. The highest BCUT2D eigenvalue weighted by molar-refractivity contribution is 5.12. The number of aromatic nitrogens is 2. The predicted octanol–water partition coefficient (Wildman–Crippen LogP) is 0.250. The minimum absolute atomic E-state index is 0.291. The molecule has 0 aliphatic carbocycles. The summed E-state index contributed by atoms with van der Waals surface area (Å²) in [6.45, 7) is 6.01. The molecule has 0 bridgehead atoms. The minimum atomic E-state index is -0.291. The molecule has 1 aromatic heterocycles. The second-order valence-electron chi connectivity index (χ2n) is 6.17. The van der Waals surface area contributed by atoms with Crippen molar-refractivity contribution in [2.45, 2.75) is 25.0 Å². The Morgan fingerprint density at radius 2 is 2.14 bits per heavy atom. The number of aryl methyl sites for hydroxylation is 1. The standard InChI is InChI=1S/C15H26N4O2/c1-17-10-13(9-16-17)15-3-2-4-19(15)12-14(20)11-18-5-7-21-8-6-18/h9-10,14-15,20H,2-8,11-12H2,1H3. The second-order valence-corrected chi connectivity index (χ2v) is 6.17. The fourth-order valence-electron chi connectivity index (χ4n) is 3.44. The van der Waals surface area contributed by atoms with Gasteiger partial charge < -0.3 is 9.84 Å². The molecule has 0 aromatic carbocycles. The van der Waals surface area contributed by atoms with Gasteiger partial charge in [-0.1, -0.05) is 0 Å². The lowest BCUT2D eigenvalue weighted by atomic mass is 10.1. The third kappa shape index (κ3) is 3.83. The molecule has 1 N–H and O–H groups in total. The molecule has 2 fully saturated rings. The Bertz CT molecular complexity index is 445. The zero-order valence-corrected chi connectivity index (χ0v) is 12.8. The quantitative estimate of drug-likeness (QED) is 0.844. The maximum Gasteiger partial charge on any atom is 0.0794 e. The van der Waals surface area contributed by atoms with Crippen LogP contribution in [0.15, 0.2) is 12.4 Å². The van der Waals surface area contributed by atoms with Crippen LogP contribution in [0.25, 0.3) is 0 Å². The van der Waals surface area contributed by atoms with E-state index in [-0.39, 0.29) is 6.10 Å². The number of aliphatic hydroxyl groups is 1. The summed E-state index contributed by atoms with van der Waals surface area (Å²) in [6.07, 6.45) is 6.12. The molecule has 1 aromatic rings. The number of likely N-dealkylation sites (tertiary alicyclic amines) is 1. The van der Waals surface area contributed by atoms with Crippen molar-refractivity contribution in [3.8, 4) is 0 Å². The Morgan fingerprint density at radius 3 is 2.86 bits per heavy atom. The van der Waals surface area contributed by atoms with Crippen LogP contribution in [0.4, 0.5) is 0 Å². The number of hydrogen-bond acceptors (Lipinski definition) is 5. The lowest BCUT2D eigenvalue weighted by Crippen LogP contribution is -2.44. The van der Waals surface area contributed by atoms with Crippen molar-refractivity contribution in [2.75, 3.05) is 45.9 Å². The zero-order valence-electron chi connectivity index (χ0n) is 12.8. The molecule has 21 heavy (non-hydrogen) atoms. The third-order valence-electron chi connectivity index (χ3n) is 4.49. The summed E-state index contributed by atoms with van der Waals surface area (Å²) in [5.74, 6) is 0. The summed E-state index contributed by atoms with van der Waals surface area (Å²) in [6, 6.07) is 0.415. The van der Waals surface area contributed by atoms with Crippen LogP contribution in [-0.4, -0.2) is 76.7 Å². The third-order valence-corrected chi connectivity index (χ3v) is 4.49. The van der Waals surface area contributed by atoms with Gasteiger partial charge in [0.05, 0.1) is 25.5 Å². The first-order valence-corrected chi connectivity index (χ1v) is 7.93. The molecule has 0 radical (unpaired) electrons. The summed E-state index contributed by atoms with van der Waals surface area (Å²) in [5.41, 5.74) is 1.27. The number of hydrogen-bond donors (Lipinski definition) is 1. The molecule has 0 saturated carbocycles. The highest BCUT2D eigenvalue weighted by atomic mass is 16.5. The van der Waals surface area contributed by atoms with Crippen molar-refractivity contribution >= 4 is 0 Å². The van der Waals surface area contributed by atoms with E-state index >= 15 is 0 Å². The SMILES string of the molecule is Cn1cc(C2CCCN2CC(O)CN2CCOCC2)cn1. The van der Waals surface area contributed by atoms with Crippen molar-refractivity contribution in [3.63, 3.8) is 0 Å². The molecule has 2 unspecified atom stereocenters. The van der Waals surface area contributed by atoms with Gasteiger partial charge in [0.25, 0.3) is 0 Å². The van der Waals surface area contributed by atoms with E-state index in [1.807, 2.05) is 17.9 Å². The summed E-state index contributed by atoms with van der Waals surface area (Å²) in [7, 11) is 1.95. The molecular weight excluding hydrogens is 268 g/mol. The van der Waals surface area contributed by atoms with Gasteiger partial charge in [0.2, 0.25) is 0 Å². The van der Waals surface area contributed by atoms with Gasteiger partial charge in [0, 0.05) is 51.0 Å². The Kier molecular flexibility index (Phi) is 4.90. The molecule has 3 heterocycles. The average molecular weight is 294 g/mol. The predicted molar refractivity (Wildman–Crippen MR) is 80.0 cm³/mol. The van der Waals surface area contributed by atoms with Crippen molar-refractivity contribution in [1.29, 1.82) is 0 Å². The fraction of sp³-hybridized carbons (Fsp3) is 0.800. The molecule has 2 saturated heterocycles. The second kappa shape index (κ2) is 6.87. The number of ether oxygens (including phenoxy) is 1. The average Bonchev–Trinajstić information content (AvgIpc) is 3.08. The Hall–Kier alpha value is -0.950. The lowest BCUT2D eigenvalue weighted by molar-refractivity contribution is 0.00585. The van der Waals surface area contributed by atoms with Crippen LogP contribution >= 0.6 is 0 Å². The molecule has 3 rings (SSSR count). The van der Waals surface area contributed by atoms with E-state index < -0.39 is 0 Å². The monoisotopic (exact) mass is 294 g/mol. The van der Waals surface area contributed by atoms with E-state index in [1.165, 1.54) is 12.0 Å². The number of rotatable bonds is 5. The van der Waals surface area contributed by atoms with Crippen LogP contribution in [-0.2, 0) is 11.8 Å². The largest absolute Gasteiger partial charge is 0.390 e. The Labute approximate surface area is 126 Å². The Morgan fingerprint density at radius 1 is 1.33 bits per heavy atom. The number of nitrogens with zero attached hydrogens (tertiary/aromatic N) is 4. The van der Waals surface area contributed by atoms with Gasteiger partial charge in [-0.3, -0.25) is 14.5 Å². The molecule has 0 amide bonds. The van der Waals surface area contributed by atoms with Gasteiger partial charge >= 0.3 is 0 Å². The minimum Gasteiger partial charge on any atom is -0.390 e. The number of β-amino-alcohol motifs (C(OH)–C–C–N with tert-alkyl or cyclic N) is 1. The van der Waals surface area contributed by atoms with Crippen LogP contribution in [0.2, 0.25) is 0 Å². The maximum absolute atomic E-state index is 10.4. The topological polar surface area (TPSA) is 53.8 Å². The van der Waals surface area contributed by atoms with E-state index in [9.17, 15) is 5.11 Å². The van der Waals surface area contributed by atoms with Gasteiger partial charge in [-0.15, -0.1) is 0 Å². The van der Waals surface area contributed by atoms with Crippen LogP contribution < -0.4 is 0 Å². The molecular formula is C15H26N4O2. The first-order chi connectivity index (χ1) is 10.2. The van der Waals surface area contributed by atoms with Gasteiger partial charge in [-0.05, 0) is 19.4 Å². The van der Waals surface area contributed by atoms with E-state index in [0.717, 1.165) is 52.4 Å². The molecule has 6 heteroatoms. The van der Waals surface area contributed by atoms with Crippen molar-refractivity contribution in [2.24, 2.45) is 7.05 Å². The first-order valence-electron chi connectivity index (χ1n) is 7.93. The first kappa shape index (κ1) is 15.0. The summed E-state index contributed by atoms with van der Waals surface area (Å²) < 4.78 is 7.21.